The Morgan fingerprint density at radius 2 is 1.86 bits per heavy atom. The number of fused-ring (bicyclic) bond motifs is 1. The molecule has 4 heteroatoms. The normalized spacial score (nSPS) is 14.5. The fourth-order valence-electron chi connectivity index (χ4n) is 2.65. The number of para-hydroxylation sites is 1. The van der Waals surface area contributed by atoms with E-state index in [1.54, 1.807) is 0 Å². The molecule has 2 aromatic carbocycles. The Labute approximate surface area is 130 Å². The van der Waals surface area contributed by atoms with E-state index in [1.165, 1.54) is 0 Å². The van der Waals surface area contributed by atoms with E-state index in [0.717, 1.165) is 34.8 Å². The summed E-state index contributed by atoms with van der Waals surface area (Å²) in [5.74, 6) is 2.46. The van der Waals surface area contributed by atoms with Crippen molar-refractivity contribution >= 4 is 0 Å². The first-order valence-electron chi connectivity index (χ1n) is 7.63. The molecular formula is C18H21NO3. The number of rotatable bonds is 5. The van der Waals surface area contributed by atoms with Gasteiger partial charge in [-0.2, -0.15) is 0 Å². The van der Waals surface area contributed by atoms with Gasteiger partial charge in [-0.1, -0.05) is 24.3 Å². The van der Waals surface area contributed by atoms with Crippen LogP contribution in [0.5, 0.6) is 17.2 Å². The zero-order valence-corrected chi connectivity index (χ0v) is 12.7. The summed E-state index contributed by atoms with van der Waals surface area (Å²) in [6.45, 7) is 3.81. The van der Waals surface area contributed by atoms with E-state index in [0.29, 0.717) is 19.8 Å². The average Bonchev–Trinajstić information content (AvgIpc) is 2.55. The van der Waals surface area contributed by atoms with Crippen LogP contribution in [-0.4, -0.2) is 19.8 Å². The van der Waals surface area contributed by atoms with Gasteiger partial charge in [0, 0.05) is 11.6 Å². The minimum atomic E-state index is -0.120. The van der Waals surface area contributed by atoms with E-state index in [4.69, 9.17) is 19.9 Å². The molecule has 0 aliphatic carbocycles. The minimum Gasteiger partial charge on any atom is -0.494 e. The standard InChI is InChI=1S/C18H21NO3/c1-2-20-16-6-4-3-5-14(16)15(19)11-13-7-8-17-18(12-13)22-10-9-21-17/h3-8,12,15H,2,9-11,19H2,1H3. The van der Waals surface area contributed by atoms with Crippen molar-refractivity contribution in [3.05, 3.63) is 53.6 Å². The van der Waals surface area contributed by atoms with Crippen molar-refractivity contribution in [1.82, 2.24) is 0 Å². The second kappa shape index (κ2) is 6.71. The number of nitrogens with two attached hydrogens (primary N) is 1. The highest BCUT2D eigenvalue weighted by Gasteiger charge is 2.16. The molecule has 1 aliphatic rings. The maximum Gasteiger partial charge on any atom is 0.161 e. The quantitative estimate of drug-likeness (QED) is 0.921. The summed E-state index contributed by atoms with van der Waals surface area (Å²) < 4.78 is 16.8. The van der Waals surface area contributed by atoms with Crippen LogP contribution < -0.4 is 19.9 Å². The summed E-state index contributed by atoms with van der Waals surface area (Å²) in [6, 6.07) is 13.8. The van der Waals surface area contributed by atoms with Crippen molar-refractivity contribution in [3.63, 3.8) is 0 Å². The molecule has 116 valence electrons. The lowest BCUT2D eigenvalue weighted by atomic mass is 9.98. The molecule has 0 bridgehead atoms. The van der Waals surface area contributed by atoms with Crippen molar-refractivity contribution < 1.29 is 14.2 Å². The third-order valence-corrected chi connectivity index (χ3v) is 3.68. The van der Waals surface area contributed by atoms with E-state index in [9.17, 15) is 0 Å². The molecule has 1 heterocycles. The van der Waals surface area contributed by atoms with Crippen molar-refractivity contribution in [2.24, 2.45) is 5.73 Å². The Hall–Kier alpha value is -2.20. The lowest BCUT2D eigenvalue weighted by Crippen LogP contribution is -2.17. The molecule has 2 N–H and O–H groups in total. The molecule has 0 radical (unpaired) electrons. The summed E-state index contributed by atoms with van der Waals surface area (Å²) >= 11 is 0. The number of hydrogen-bond acceptors (Lipinski definition) is 4. The summed E-state index contributed by atoms with van der Waals surface area (Å²) in [4.78, 5) is 0. The van der Waals surface area contributed by atoms with Crippen LogP contribution in [0.3, 0.4) is 0 Å². The van der Waals surface area contributed by atoms with Gasteiger partial charge in [-0.05, 0) is 37.1 Å². The van der Waals surface area contributed by atoms with Crippen LogP contribution in [0, 0.1) is 0 Å². The molecule has 0 saturated carbocycles. The van der Waals surface area contributed by atoms with E-state index < -0.39 is 0 Å². The van der Waals surface area contributed by atoms with E-state index >= 15 is 0 Å². The number of ether oxygens (including phenoxy) is 3. The Kier molecular flexibility index (Phi) is 4.49. The molecule has 22 heavy (non-hydrogen) atoms. The van der Waals surface area contributed by atoms with Gasteiger partial charge >= 0.3 is 0 Å². The molecule has 4 nitrogen and oxygen atoms in total. The lowest BCUT2D eigenvalue weighted by molar-refractivity contribution is 0.171. The predicted molar refractivity (Wildman–Crippen MR) is 85.7 cm³/mol. The molecule has 2 aromatic rings. The van der Waals surface area contributed by atoms with Crippen LogP contribution in [-0.2, 0) is 6.42 Å². The molecule has 0 aromatic heterocycles. The van der Waals surface area contributed by atoms with E-state index in [-0.39, 0.29) is 6.04 Å². The van der Waals surface area contributed by atoms with Crippen LogP contribution >= 0.6 is 0 Å². The Bertz CT molecular complexity index is 642. The summed E-state index contributed by atoms with van der Waals surface area (Å²) in [6.07, 6.45) is 0.723. The van der Waals surface area contributed by atoms with E-state index in [1.807, 2.05) is 49.4 Å². The third-order valence-electron chi connectivity index (χ3n) is 3.68. The first kappa shape index (κ1) is 14.7. The molecule has 0 saturated heterocycles. The largest absolute Gasteiger partial charge is 0.494 e. The van der Waals surface area contributed by atoms with Crippen LogP contribution in [0.2, 0.25) is 0 Å². The first-order chi connectivity index (χ1) is 10.8. The molecule has 0 amide bonds. The smallest absolute Gasteiger partial charge is 0.161 e. The topological polar surface area (TPSA) is 53.7 Å². The van der Waals surface area contributed by atoms with Gasteiger partial charge in [0.05, 0.1) is 6.61 Å². The highest BCUT2D eigenvalue weighted by Crippen LogP contribution is 2.33. The highest BCUT2D eigenvalue weighted by molar-refractivity contribution is 5.45. The molecule has 3 rings (SSSR count). The van der Waals surface area contributed by atoms with Gasteiger partial charge in [-0.15, -0.1) is 0 Å². The maximum atomic E-state index is 6.38. The molecule has 1 unspecified atom stereocenters. The highest BCUT2D eigenvalue weighted by atomic mass is 16.6. The van der Waals surface area contributed by atoms with Crippen LogP contribution in [0.4, 0.5) is 0 Å². The van der Waals surface area contributed by atoms with Crippen molar-refractivity contribution in [1.29, 1.82) is 0 Å². The van der Waals surface area contributed by atoms with Gasteiger partial charge in [0.25, 0.3) is 0 Å². The fraction of sp³-hybridized carbons (Fsp3) is 0.333. The molecule has 0 fully saturated rings. The summed E-state index contributed by atoms with van der Waals surface area (Å²) in [5, 5.41) is 0. The fourth-order valence-corrected chi connectivity index (χ4v) is 2.65. The Balaban J connectivity index is 1.78. The van der Waals surface area contributed by atoms with Crippen molar-refractivity contribution in [2.75, 3.05) is 19.8 Å². The van der Waals surface area contributed by atoms with Gasteiger partial charge < -0.3 is 19.9 Å². The third kappa shape index (κ3) is 3.17. The summed E-state index contributed by atoms with van der Waals surface area (Å²) in [7, 11) is 0. The lowest BCUT2D eigenvalue weighted by Gasteiger charge is -2.20. The Morgan fingerprint density at radius 3 is 2.68 bits per heavy atom. The monoisotopic (exact) mass is 299 g/mol. The Morgan fingerprint density at radius 1 is 1.09 bits per heavy atom. The van der Waals surface area contributed by atoms with Crippen LogP contribution in [0.15, 0.2) is 42.5 Å². The van der Waals surface area contributed by atoms with E-state index in [2.05, 4.69) is 0 Å². The molecule has 1 aliphatic heterocycles. The molecule has 1 atom stereocenters. The van der Waals surface area contributed by atoms with Gasteiger partial charge in [0.2, 0.25) is 0 Å². The van der Waals surface area contributed by atoms with Gasteiger partial charge in [0.15, 0.2) is 11.5 Å². The van der Waals surface area contributed by atoms with Gasteiger partial charge in [0.1, 0.15) is 19.0 Å². The van der Waals surface area contributed by atoms with Crippen LogP contribution in [0.1, 0.15) is 24.1 Å². The second-order valence-electron chi connectivity index (χ2n) is 5.26. The molecular weight excluding hydrogens is 278 g/mol. The van der Waals surface area contributed by atoms with Gasteiger partial charge in [-0.3, -0.25) is 0 Å². The van der Waals surface area contributed by atoms with Gasteiger partial charge in [-0.25, -0.2) is 0 Å². The average molecular weight is 299 g/mol. The number of benzene rings is 2. The first-order valence-corrected chi connectivity index (χ1v) is 7.63. The minimum absolute atomic E-state index is 0.120. The second-order valence-corrected chi connectivity index (χ2v) is 5.26. The summed E-state index contributed by atoms with van der Waals surface area (Å²) in [5.41, 5.74) is 8.54. The zero-order chi connectivity index (χ0) is 15.4. The maximum absolute atomic E-state index is 6.38. The van der Waals surface area contributed by atoms with Crippen molar-refractivity contribution in [3.8, 4) is 17.2 Å². The molecule has 0 spiro atoms. The predicted octanol–water partition coefficient (Wildman–Crippen LogP) is 3.10. The number of hydrogen-bond donors (Lipinski definition) is 1. The zero-order valence-electron chi connectivity index (χ0n) is 12.7. The SMILES string of the molecule is CCOc1ccccc1C(N)Cc1ccc2c(c1)OCCO2. The van der Waals surface area contributed by atoms with Crippen LogP contribution in [0.25, 0.3) is 0 Å². The van der Waals surface area contributed by atoms with Crippen molar-refractivity contribution in [2.45, 2.75) is 19.4 Å².